The fourth-order valence-corrected chi connectivity index (χ4v) is 1.63. The van der Waals surface area contributed by atoms with E-state index in [1.807, 2.05) is 12.1 Å². The highest BCUT2D eigenvalue weighted by Gasteiger charge is 2.04. The van der Waals surface area contributed by atoms with Crippen molar-refractivity contribution in [3.63, 3.8) is 0 Å². The summed E-state index contributed by atoms with van der Waals surface area (Å²) < 4.78 is 5.14. The van der Waals surface area contributed by atoms with E-state index in [0.29, 0.717) is 18.1 Å². The molecule has 18 heavy (non-hydrogen) atoms. The number of esters is 1. The summed E-state index contributed by atoms with van der Waals surface area (Å²) in [6, 6.07) is 7.23. The zero-order chi connectivity index (χ0) is 13.2. The highest BCUT2D eigenvalue weighted by atomic mass is 35.5. The third-order valence-corrected chi connectivity index (χ3v) is 2.70. The molecule has 0 saturated heterocycles. The summed E-state index contributed by atoms with van der Waals surface area (Å²) in [6.07, 6.45) is 2.28. The fourth-order valence-electron chi connectivity index (χ4n) is 1.50. The Hall–Kier alpha value is -1.06. The van der Waals surface area contributed by atoms with Crippen LogP contribution in [0.2, 0.25) is 5.02 Å². The predicted molar refractivity (Wildman–Crippen MR) is 73.9 cm³/mol. The normalized spacial score (nSPS) is 10.3. The van der Waals surface area contributed by atoms with Crippen LogP contribution in [0.3, 0.4) is 0 Å². The van der Waals surface area contributed by atoms with Crippen molar-refractivity contribution in [3.8, 4) is 0 Å². The molecule has 0 saturated carbocycles. The van der Waals surface area contributed by atoms with E-state index in [9.17, 15) is 4.79 Å². The van der Waals surface area contributed by atoms with Crippen LogP contribution in [0.4, 0.5) is 0 Å². The zero-order valence-corrected chi connectivity index (χ0v) is 11.5. The van der Waals surface area contributed by atoms with Crippen LogP contribution >= 0.6 is 11.6 Å². The Kier molecular flexibility index (Phi) is 7.46. The van der Waals surface area contributed by atoms with Crippen molar-refractivity contribution in [2.75, 3.05) is 19.7 Å². The Morgan fingerprint density at radius 2 is 2.00 bits per heavy atom. The molecule has 1 rings (SSSR count). The molecule has 0 spiro atoms. The van der Waals surface area contributed by atoms with Crippen LogP contribution in [0.1, 0.15) is 25.3 Å². The van der Waals surface area contributed by atoms with E-state index in [4.69, 9.17) is 16.3 Å². The van der Waals surface area contributed by atoms with Crippen molar-refractivity contribution in [2.24, 2.45) is 0 Å². The number of hydrogen-bond donors (Lipinski definition) is 1. The first-order valence-corrected chi connectivity index (χ1v) is 6.71. The molecule has 0 radical (unpaired) electrons. The van der Waals surface area contributed by atoms with Crippen LogP contribution in [0.5, 0.6) is 0 Å². The maximum Gasteiger partial charge on any atom is 0.310 e. The second-order valence-corrected chi connectivity index (χ2v) is 4.56. The van der Waals surface area contributed by atoms with Gasteiger partial charge in [0, 0.05) is 5.02 Å². The summed E-state index contributed by atoms with van der Waals surface area (Å²) >= 11 is 5.77. The van der Waals surface area contributed by atoms with E-state index >= 15 is 0 Å². The Morgan fingerprint density at radius 1 is 1.28 bits per heavy atom. The van der Waals surface area contributed by atoms with Gasteiger partial charge in [-0.3, -0.25) is 4.79 Å². The van der Waals surface area contributed by atoms with E-state index in [2.05, 4.69) is 12.2 Å². The van der Waals surface area contributed by atoms with Gasteiger partial charge in [-0.05, 0) is 43.6 Å². The maximum atomic E-state index is 11.5. The van der Waals surface area contributed by atoms with Gasteiger partial charge < -0.3 is 10.1 Å². The van der Waals surface area contributed by atoms with Crippen LogP contribution in [-0.4, -0.2) is 25.7 Å². The zero-order valence-electron chi connectivity index (χ0n) is 10.7. The van der Waals surface area contributed by atoms with Gasteiger partial charge in [0.25, 0.3) is 0 Å². The number of hydrogen-bond acceptors (Lipinski definition) is 3. The van der Waals surface area contributed by atoms with Crippen molar-refractivity contribution in [1.29, 1.82) is 0 Å². The lowest BCUT2D eigenvalue weighted by Gasteiger charge is -2.05. The van der Waals surface area contributed by atoms with Crippen molar-refractivity contribution >= 4 is 17.6 Å². The quantitative estimate of drug-likeness (QED) is 0.583. The number of halogens is 1. The van der Waals surface area contributed by atoms with Gasteiger partial charge >= 0.3 is 5.97 Å². The minimum Gasteiger partial charge on any atom is -0.465 e. The lowest BCUT2D eigenvalue weighted by atomic mass is 10.1. The molecular formula is C14H20ClNO2. The van der Waals surface area contributed by atoms with Crippen LogP contribution in [0.15, 0.2) is 24.3 Å². The molecule has 3 nitrogen and oxygen atoms in total. The summed E-state index contributed by atoms with van der Waals surface area (Å²) in [7, 11) is 0. The monoisotopic (exact) mass is 269 g/mol. The maximum absolute atomic E-state index is 11.5. The molecule has 0 unspecified atom stereocenters. The van der Waals surface area contributed by atoms with Gasteiger partial charge in [0.05, 0.1) is 13.0 Å². The van der Waals surface area contributed by atoms with Gasteiger partial charge in [-0.1, -0.05) is 30.7 Å². The summed E-state index contributed by atoms with van der Waals surface area (Å²) in [5, 5.41) is 3.93. The first-order chi connectivity index (χ1) is 8.72. The number of ether oxygens (including phenoxy) is 1. The molecule has 0 aliphatic rings. The highest BCUT2D eigenvalue weighted by Crippen LogP contribution is 2.10. The number of nitrogens with one attached hydrogen (secondary N) is 1. The van der Waals surface area contributed by atoms with Crippen molar-refractivity contribution < 1.29 is 9.53 Å². The molecule has 0 bridgehead atoms. The summed E-state index contributed by atoms with van der Waals surface area (Å²) in [5.41, 5.74) is 0.925. The molecule has 100 valence electrons. The number of carbonyl (C=O) groups is 1. The third-order valence-electron chi connectivity index (χ3n) is 2.45. The molecule has 1 aromatic rings. The van der Waals surface area contributed by atoms with E-state index < -0.39 is 0 Å². The van der Waals surface area contributed by atoms with Gasteiger partial charge in [0.15, 0.2) is 0 Å². The minimum absolute atomic E-state index is 0.187. The van der Waals surface area contributed by atoms with Crippen LogP contribution in [0.25, 0.3) is 0 Å². The Labute approximate surface area is 113 Å². The van der Waals surface area contributed by atoms with E-state index in [1.165, 1.54) is 0 Å². The van der Waals surface area contributed by atoms with Gasteiger partial charge in [-0.25, -0.2) is 0 Å². The molecule has 1 N–H and O–H groups in total. The summed E-state index contributed by atoms with van der Waals surface area (Å²) in [6.45, 7) is 4.50. The van der Waals surface area contributed by atoms with Crippen LogP contribution < -0.4 is 5.32 Å². The number of rotatable bonds is 8. The fraction of sp³-hybridized carbons (Fsp3) is 0.500. The van der Waals surface area contributed by atoms with Gasteiger partial charge in [0.1, 0.15) is 0 Å². The summed E-state index contributed by atoms with van der Waals surface area (Å²) in [4.78, 5) is 11.5. The molecule has 0 aliphatic heterocycles. The summed E-state index contributed by atoms with van der Waals surface area (Å²) in [5.74, 6) is -0.187. The molecular weight excluding hydrogens is 250 g/mol. The molecule has 0 aromatic heterocycles. The number of benzene rings is 1. The first-order valence-electron chi connectivity index (χ1n) is 6.33. The average molecular weight is 270 g/mol. The molecule has 1 aromatic carbocycles. The van der Waals surface area contributed by atoms with Gasteiger partial charge in [-0.2, -0.15) is 0 Å². The van der Waals surface area contributed by atoms with Gasteiger partial charge in [0.2, 0.25) is 0 Å². The molecule has 0 atom stereocenters. The average Bonchev–Trinajstić information content (AvgIpc) is 2.36. The smallest absolute Gasteiger partial charge is 0.310 e. The largest absolute Gasteiger partial charge is 0.465 e. The molecule has 0 amide bonds. The van der Waals surface area contributed by atoms with Crippen molar-refractivity contribution in [2.45, 2.75) is 26.2 Å². The molecule has 0 fully saturated rings. The molecule has 0 aliphatic carbocycles. The van der Waals surface area contributed by atoms with E-state index in [-0.39, 0.29) is 5.97 Å². The standard InChI is InChI=1S/C14H20ClNO2/c1-2-8-16-9-3-10-18-14(17)11-12-4-6-13(15)7-5-12/h4-7,16H,2-3,8-11H2,1H3. The van der Waals surface area contributed by atoms with Crippen LogP contribution in [-0.2, 0) is 16.0 Å². The second-order valence-electron chi connectivity index (χ2n) is 4.13. The molecule has 0 heterocycles. The van der Waals surface area contributed by atoms with Crippen molar-refractivity contribution in [3.05, 3.63) is 34.9 Å². The van der Waals surface area contributed by atoms with Gasteiger partial charge in [-0.15, -0.1) is 0 Å². The number of carbonyl (C=O) groups excluding carboxylic acids is 1. The topological polar surface area (TPSA) is 38.3 Å². The predicted octanol–water partition coefficient (Wildman–Crippen LogP) is 2.82. The Bertz CT molecular complexity index is 351. The lowest BCUT2D eigenvalue weighted by molar-refractivity contribution is -0.142. The minimum atomic E-state index is -0.187. The van der Waals surface area contributed by atoms with Crippen LogP contribution in [0, 0.1) is 0 Å². The SMILES string of the molecule is CCCNCCCOC(=O)Cc1ccc(Cl)cc1. The van der Waals surface area contributed by atoms with Crippen molar-refractivity contribution in [1.82, 2.24) is 5.32 Å². The highest BCUT2D eigenvalue weighted by molar-refractivity contribution is 6.30. The lowest BCUT2D eigenvalue weighted by Crippen LogP contribution is -2.18. The second kappa shape index (κ2) is 8.95. The Balaban J connectivity index is 2.12. The Morgan fingerprint density at radius 3 is 2.67 bits per heavy atom. The first kappa shape index (κ1) is 15.0. The van der Waals surface area contributed by atoms with E-state index in [1.54, 1.807) is 12.1 Å². The van der Waals surface area contributed by atoms with E-state index in [0.717, 1.165) is 31.5 Å². The third kappa shape index (κ3) is 6.62. The molecule has 4 heteroatoms.